The fourth-order valence-electron chi connectivity index (χ4n) is 8.33. The Morgan fingerprint density at radius 3 is 1.59 bits per heavy atom. The van der Waals surface area contributed by atoms with Gasteiger partial charge in [-0.1, -0.05) is 170 Å². The molecule has 288 valence electrons. The molecule has 0 aliphatic rings. The van der Waals surface area contributed by atoms with Crippen molar-refractivity contribution in [3.8, 4) is 39.6 Å². The molecule has 7 heteroatoms. The zero-order chi connectivity index (χ0) is 40.7. The van der Waals surface area contributed by atoms with Crippen LogP contribution in [0.3, 0.4) is 0 Å². The average Bonchev–Trinajstić information content (AvgIpc) is 3.83. The topological polar surface area (TPSA) is 83.9 Å². The molecular weight excluding hydrogens is 747 g/mol. The summed E-state index contributed by atoms with van der Waals surface area (Å²) in [4.78, 5) is 15.2. The van der Waals surface area contributed by atoms with E-state index >= 15 is 0 Å². The summed E-state index contributed by atoms with van der Waals surface area (Å²) < 4.78 is 4.46. The summed E-state index contributed by atoms with van der Waals surface area (Å²) in [5.41, 5.74) is 15.2. The van der Waals surface area contributed by atoms with Gasteiger partial charge < -0.3 is 4.57 Å². The SMILES string of the molecule is N=C(/N=C(\Nn1c2ccccc2c2cc3c(cc21)c1ccccc1n3-c1cccc(-c2nc(-c3ccccc3)cc(-c3ccccc3)n2)c1)c1ccccc1)c1ccccc1. The number of amidine groups is 2. The summed E-state index contributed by atoms with van der Waals surface area (Å²) in [6.45, 7) is 0. The first-order valence-corrected chi connectivity index (χ1v) is 20.3. The summed E-state index contributed by atoms with van der Waals surface area (Å²) in [5, 5.41) is 13.4. The maximum Gasteiger partial charge on any atom is 0.160 e. The Balaban J connectivity index is 1.09. The molecule has 61 heavy (non-hydrogen) atoms. The summed E-state index contributed by atoms with van der Waals surface area (Å²) in [6.07, 6.45) is 0. The van der Waals surface area contributed by atoms with Crippen LogP contribution in [0.2, 0.25) is 0 Å². The van der Waals surface area contributed by atoms with Crippen molar-refractivity contribution in [2.75, 3.05) is 5.43 Å². The van der Waals surface area contributed by atoms with Crippen molar-refractivity contribution in [3.63, 3.8) is 0 Å². The number of para-hydroxylation sites is 2. The zero-order valence-electron chi connectivity index (χ0n) is 32.9. The van der Waals surface area contributed by atoms with E-state index in [2.05, 4.69) is 130 Å². The molecule has 3 heterocycles. The quantitative estimate of drug-likeness (QED) is 0.125. The average molecular weight is 784 g/mol. The van der Waals surface area contributed by atoms with E-state index in [0.29, 0.717) is 11.7 Å². The van der Waals surface area contributed by atoms with Crippen molar-refractivity contribution in [2.24, 2.45) is 4.99 Å². The fourth-order valence-corrected chi connectivity index (χ4v) is 8.33. The summed E-state index contributed by atoms with van der Waals surface area (Å²) >= 11 is 0. The molecule has 0 spiro atoms. The highest BCUT2D eigenvalue weighted by Crippen LogP contribution is 2.39. The predicted octanol–water partition coefficient (Wildman–Crippen LogP) is 12.7. The molecule has 2 N–H and O–H groups in total. The minimum Gasteiger partial charge on any atom is -0.309 e. The number of nitrogens with zero attached hydrogens (tertiary/aromatic N) is 5. The van der Waals surface area contributed by atoms with Gasteiger partial charge in [-0.15, -0.1) is 0 Å². The van der Waals surface area contributed by atoms with Crippen LogP contribution < -0.4 is 5.43 Å². The van der Waals surface area contributed by atoms with Gasteiger partial charge in [0.25, 0.3) is 0 Å². The Kier molecular flexibility index (Phi) is 8.82. The fraction of sp³-hybridized carbons (Fsp3) is 0. The van der Waals surface area contributed by atoms with Gasteiger partial charge in [0.05, 0.1) is 33.5 Å². The van der Waals surface area contributed by atoms with Crippen molar-refractivity contribution in [1.82, 2.24) is 19.2 Å². The summed E-state index contributed by atoms with van der Waals surface area (Å²) in [6, 6.07) is 72.5. The normalized spacial score (nSPS) is 11.8. The number of fused-ring (bicyclic) bond motifs is 6. The van der Waals surface area contributed by atoms with Gasteiger partial charge in [0.1, 0.15) is 0 Å². The molecule has 0 atom stereocenters. The van der Waals surface area contributed by atoms with Crippen molar-refractivity contribution in [2.45, 2.75) is 0 Å². The van der Waals surface area contributed by atoms with Crippen LogP contribution in [0.4, 0.5) is 0 Å². The molecule has 0 saturated carbocycles. The highest BCUT2D eigenvalue weighted by molar-refractivity contribution is 6.20. The molecule has 0 amide bonds. The molecule has 0 aliphatic carbocycles. The van der Waals surface area contributed by atoms with E-state index in [4.69, 9.17) is 20.4 Å². The van der Waals surface area contributed by atoms with Crippen molar-refractivity contribution in [3.05, 3.63) is 223 Å². The third-order valence-electron chi connectivity index (χ3n) is 11.2. The summed E-state index contributed by atoms with van der Waals surface area (Å²) in [5.74, 6) is 1.41. The van der Waals surface area contributed by atoms with Crippen LogP contribution >= 0.6 is 0 Å². The Morgan fingerprint density at radius 1 is 0.426 bits per heavy atom. The molecule has 0 fully saturated rings. The third-order valence-corrected chi connectivity index (χ3v) is 11.2. The molecule has 11 aromatic rings. The molecule has 0 unspecified atom stereocenters. The second-order valence-corrected chi connectivity index (χ2v) is 15.0. The highest BCUT2D eigenvalue weighted by Gasteiger charge is 2.20. The van der Waals surface area contributed by atoms with Gasteiger partial charge in [0, 0.05) is 55.0 Å². The van der Waals surface area contributed by atoms with Gasteiger partial charge in [-0.2, -0.15) is 0 Å². The monoisotopic (exact) mass is 783 g/mol. The van der Waals surface area contributed by atoms with E-state index < -0.39 is 0 Å². The Labute approximate surface area is 352 Å². The molecule has 3 aromatic heterocycles. The zero-order valence-corrected chi connectivity index (χ0v) is 32.9. The Morgan fingerprint density at radius 2 is 0.934 bits per heavy atom. The maximum absolute atomic E-state index is 8.97. The van der Waals surface area contributed by atoms with Crippen molar-refractivity contribution < 1.29 is 0 Å². The lowest BCUT2D eigenvalue weighted by Crippen LogP contribution is -2.25. The van der Waals surface area contributed by atoms with E-state index in [0.717, 1.165) is 88.5 Å². The van der Waals surface area contributed by atoms with Crippen LogP contribution in [-0.2, 0) is 0 Å². The van der Waals surface area contributed by atoms with E-state index in [1.165, 1.54) is 0 Å². The lowest BCUT2D eigenvalue weighted by molar-refractivity contribution is 1.08. The maximum atomic E-state index is 8.97. The van der Waals surface area contributed by atoms with E-state index in [-0.39, 0.29) is 5.84 Å². The number of nitrogens with one attached hydrogen (secondary N) is 2. The van der Waals surface area contributed by atoms with Gasteiger partial charge in [0.2, 0.25) is 0 Å². The first kappa shape index (κ1) is 35.7. The third kappa shape index (κ3) is 6.51. The number of aromatic nitrogens is 4. The molecule has 7 nitrogen and oxygen atoms in total. The van der Waals surface area contributed by atoms with Crippen LogP contribution in [0.15, 0.2) is 217 Å². The highest BCUT2D eigenvalue weighted by atomic mass is 15.4. The number of benzene rings is 8. The lowest BCUT2D eigenvalue weighted by Gasteiger charge is -2.15. The second-order valence-electron chi connectivity index (χ2n) is 15.0. The number of aliphatic imine (C=N–C) groups is 1. The van der Waals surface area contributed by atoms with Crippen LogP contribution in [0.5, 0.6) is 0 Å². The molecule has 0 radical (unpaired) electrons. The molecule has 0 saturated heterocycles. The van der Waals surface area contributed by atoms with Crippen molar-refractivity contribution >= 4 is 55.3 Å². The molecule has 8 aromatic carbocycles. The van der Waals surface area contributed by atoms with E-state index in [1.54, 1.807) is 0 Å². The summed E-state index contributed by atoms with van der Waals surface area (Å²) in [7, 11) is 0. The second kappa shape index (κ2) is 15.1. The molecular formula is C54H37N7. The smallest absolute Gasteiger partial charge is 0.160 e. The van der Waals surface area contributed by atoms with Gasteiger partial charge in [0.15, 0.2) is 17.5 Å². The number of rotatable bonds is 7. The molecule has 0 aliphatic heterocycles. The van der Waals surface area contributed by atoms with Crippen LogP contribution in [-0.4, -0.2) is 30.9 Å². The minimum atomic E-state index is 0.175. The first-order chi connectivity index (χ1) is 30.2. The van der Waals surface area contributed by atoms with E-state index in [9.17, 15) is 0 Å². The van der Waals surface area contributed by atoms with Crippen molar-refractivity contribution in [1.29, 1.82) is 5.41 Å². The van der Waals surface area contributed by atoms with Crippen LogP contribution in [0.1, 0.15) is 11.1 Å². The van der Waals surface area contributed by atoms with Gasteiger partial charge in [-0.3, -0.25) is 15.5 Å². The Hall–Kier alpha value is -8.42. The Bertz CT molecular complexity index is 3390. The van der Waals surface area contributed by atoms with E-state index in [1.807, 2.05) is 97.1 Å². The largest absolute Gasteiger partial charge is 0.309 e. The minimum absolute atomic E-state index is 0.175. The van der Waals surface area contributed by atoms with Gasteiger partial charge in [-0.25, -0.2) is 15.0 Å². The lowest BCUT2D eigenvalue weighted by atomic mass is 10.1. The van der Waals surface area contributed by atoms with Gasteiger partial charge >= 0.3 is 0 Å². The standard InChI is InChI=1S/C54H37N7/c55-52(38-22-9-3-10-23-38)58-54(39-24-11-4-12-25-39)59-61-49-31-16-14-29-43(49)45-33-50-44(34-51(45)61)42-28-13-15-30-48(42)60(50)41-27-17-26-40(32-41)53-56-46(36-18-5-1-6-19-36)35-47(57-53)37-20-7-2-8-21-37/h1-35H,(H2,55,58,59). The van der Waals surface area contributed by atoms with Crippen LogP contribution in [0.25, 0.3) is 83.2 Å². The first-order valence-electron chi connectivity index (χ1n) is 20.3. The van der Waals surface area contributed by atoms with Crippen LogP contribution in [0, 0.1) is 5.41 Å². The number of hydrogen-bond acceptors (Lipinski definition) is 3. The van der Waals surface area contributed by atoms with Gasteiger partial charge in [-0.05, 0) is 42.5 Å². The molecule has 0 bridgehead atoms. The molecule has 11 rings (SSSR count). The number of hydrogen-bond donors (Lipinski definition) is 2. The predicted molar refractivity (Wildman–Crippen MR) is 251 cm³/mol.